The molecule has 5 heteroatoms. The zero-order chi connectivity index (χ0) is 14.8. The van der Waals surface area contributed by atoms with Crippen LogP contribution in [-0.2, 0) is 9.59 Å². The minimum atomic E-state index is 0.0201. The van der Waals surface area contributed by atoms with Gasteiger partial charge in [-0.3, -0.25) is 14.5 Å². The van der Waals surface area contributed by atoms with E-state index < -0.39 is 0 Å². The average Bonchev–Trinajstić information content (AvgIpc) is 2.46. The first kappa shape index (κ1) is 17.0. The third-order valence-corrected chi connectivity index (χ3v) is 3.55. The van der Waals surface area contributed by atoms with Gasteiger partial charge in [-0.1, -0.05) is 13.8 Å². The van der Waals surface area contributed by atoms with Gasteiger partial charge in [0.15, 0.2) is 0 Å². The number of amides is 2. The maximum absolute atomic E-state index is 12.2. The van der Waals surface area contributed by atoms with Crippen molar-refractivity contribution in [2.75, 3.05) is 39.3 Å². The van der Waals surface area contributed by atoms with Gasteiger partial charge < -0.3 is 10.2 Å². The highest BCUT2D eigenvalue weighted by atomic mass is 16.2. The molecule has 20 heavy (non-hydrogen) atoms. The summed E-state index contributed by atoms with van der Waals surface area (Å²) in [6.45, 7) is 8.05. The Morgan fingerprint density at radius 3 is 2.35 bits per heavy atom. The van der Waals surface area contributed by atoms with Gasteiger partial charge in [-0.15, -0.1) is 0 Å². The Morgan fingerprint density at radius 1 is 1.05 bits per heavy atom. The molecular weight excluding hydrogens is 254 g/mol. The van der Waals surface area contributed by atoms with Crippen LogP contribution in [0.4, 0.5) is 0 Å². The molecule has 0 spiro atoms. The summed E-state index contributed by atoms with van der Waals surface area (Å²) in [4.78, 5) is 27.9. The van der Waals surface area contributed by atoms with E-state index in [1.807, 2.05) is 16.7 Å². The first-order valence-electron chi connectivity index (χ1n) is 7.94. The van der Waals surface area contributed by atoms with Crippen LogP contribution in [-0.4, -0.2) is 60.9 Å². The highest BCUT2D eigenvalue weighted by Crippen LogP contribution is 2.09. The van der Waals surface area contributed by atoms with Crippen molar-refractivity contribution >= 4 is 11.8 Å². The molecule has 1 fully saturated rings. The fourth-order valence-electron chi connectivity index (χ4n) is 2.49. The molecule has 1 aliphatic rings. The molecule has 0 radical (unpaired) electrons. The summed E-state index contributed by atoms with van der Waals surface area (Å²) in [7, 11) is 0. The minimum Gasteiger partial charge on any atom is -0.355 e. The lowest BCUT2D eigenvalue weighted by atomic mass is 10.1. The topological polar surface area (TPSA) is 52.7 Å². The molecule has 1 N–H and O–H groups in total. The largest absolute Gasteiger partial charge is 0.355 e. The summed E-state index contributed by atoms with van der Waals surface area (Å²) < 4.78 is 0. The number of hydrogen-bond acceptors (Lipinski definition) is 3. The van der Waals surface area contributed by atoms with Crippen LogP contribution in [0.2, 0.25) is 0 Å². The molecule has 1 rings (SSSR count). The van der Waals surface area contributed by atoms with Gasteiger partial charge in [0.05, 0.1) is 13.1 Å². The SMILES string of the molecule is CCCNC(=O)CN(CCC)CC(=O)N1CCCCC1. The smallest absolute Gasteiger partial charge is 0.236 e. The van der Waals surface area contributed by atoms with Crippen molar-refractivity contribution in [2.24, 2.45) is 0 Å². The summed E-state index contributed by atoms with van der Waals surface area (Å²) in [5, 5.41) is 2.87. The second-order valence-corrected chi connectivity index (χ2v) is 5.50. The predicted octanol–water partition coefficient (Wildman–Crippen LogP) is 1.24. The third kappa shape index (κ3) is 6.37. The van der Waals surface area contributed by atoms with E-state index in [1.54, 1.807) is 0 Å². The molecule has 0 saturated carbocycles. The molecule has 116 valence electrons. The van der Waals surface area contributed by atoms with Gasteiger partial charge >= 0.3 is 0 Å². The lowest BCUT2D eigenvalue weighted by molar-refractivity contribution is -0.134. The van der Waals surface area contributed by atoms with Crippen molar-refractivity contribution < 1.29 is 9.59 Å². The van der Waals surface area contributed by atoms with E-state index >= 15 is 0 Å². The number of nitrogens with zero attached hydrogens (tertiary/aromatic N) is 2. The number of carbonyl (C=O) groups is 2. The standard InChI is InChI=1S/C15H29N3O2/c1-3-8-16-14(19)12-17(9-4-2)13-15(20)18-10-6-5-7-11-18/h3-13H2,1-2H3,(H,16,19). The molecule has 5 nitrogen and oxygen atoms in total. The summed E-state index contributed by atoms with van der Waals surface area (Å²) >= 11 is 0. The van der Waals surface area contributed by atoms with Crippen molar-refractivity contribution in [1.82, 2.24) is 15.1 Å². The van der Waals surface area contributed by atoms with Crippen LogP contribution in [0.25, 0.3) is 0 Å². The van der Waals surface area contributed by atoms with Gasteiger partial charge in [-0.05, 0) is 38.6 Å². The molecule has 1 heterocycles. The highest BCUT2D eigenvalue weighted by Gasteiger charge is 2.20. The van der Waals surface area contributed by atoms with Crippen LogP contribution < -0.4 is 5.32 Å². The summed E-state index contributed by atoms with van der Waals surface area (Å²) in [5.41, 5.74) is 0. The Hall–Kier alpha value is -1.10. The molecule has 0 aromatic heterocycles. The minimum absolute atomic E-state index is 0.0201. The van der Waals surface area contributed by atoms with Crippen LogP contribution in [0.3, 0.4) is 0 Å². The summed E-state index contributed by atoms with van der Waals surface area (Å²) in [6.07, 6.45) is 5.33. The number of rotatable bonds is 8. The van der Waals surface area contributed by atoms with Crippen molar-refractivity contribution in [3.63, 3.8) is 0 Å². The molecule has 0 bridgehead atoms. The number of likely N-dealkylation sites (tertiary alicyclic amines) is 1. The predicted molar refractivity (Wildman–Crippen MR) is 80.5 cm³/mol. The molecule has 0 aromatic carbocycles. The van der Waals surface area contributed by atoms with Gasteiger partial charge in [-0.25, -0.2) is 0 Å². The molecule has 0 aliphatic carbocycles. The van der Waals surface area contributed by atoms with E-state index in [9.17, 15) is 9.59 Å². The van der Waals surface area contributed by atoms with E-state index in [0.717, 1.165) is 45.3 Å². The van der Waals surface area contributed by atoms with Crippen molar-refractivity contribution in [2.45, 2.75) is 46.0 Å². The first-order chi connectivity index (χ1) is 9.67. The Bertz CT molecular complexity index is 301. The number of carbonyl (C=O) groups excluding carboxylic acids is 2. The Kier molecular flexibility index (Phi) is 8.26. The van der Waals surface area contributed by atoms with Crippen molar-refractivity contribution in [1.29, 1.82) is 0 Å². The third-order valence-electron chi connectivity index (χ3n) is 3.55. The fourth-order valence-corrected chi connectivity index (χ4v) is 2.49. The summed E-state index contributed by atoms with van der Waals surface area (Å²) in [5.74, 6) is 0.188. The molecular formula is C15H29N3O2. The van der Waals surface area contributed by atoms with Crippen molar-refractivity contribution in [3.8, 4) is 0 Å². The average molecular weight is 283 g/mol. The van der Waals surface area contributed by atoms with E-state index in [-0.39, 0.29) is 11.8 Å². The number of nitrogens with one attached hydrogen (secondary N) is 1. The monoisotopic (exact) mass is 283 g/mol. The van der Waals surface area contributed by atoms with Gasteiger partial charge in [0.2, 0.25) is 11.8 Å². The first-order valence-corrected chi connectivity index (χ1v) is 7.94. The van der Waals surface area contributed by atoms with E-state index in [1.165, 1.54) is 6.42 Å². The maximum atomic E-state index is 12.2. The normalized spacial score (nSPS) is 15.4. The highest BCUT2D eigenvalue weighted by molar-refractivity contribution is 5.81. The maximum Gasteiger partial charge on any atom is 0.236 e. The van der Waals surface area contributed by atoms with Crippen LogP contribution in [0.5, 0.6) is 0 Å². The van der Waals surface area contributed by atoms with Gasteiger partial charge in [0, 0.05) is 19.6 Å². The molecule has 0 aromatic rings. The van der Waals surface area contributed by atoms with Crippen molar-refractivity contribution in [3.05, 3.63) is 0 Å². The summed E-state index contributed by atoms with van der Waals surface area (Å²) in [6, 6.07) is 0. The Labute approximate surface area is 122 Å². The van der Waals surface area contributed by atoms with Crippen LogP contribution >= 0.6 is 0 Å². The number of hydrogen-bond donors (Lipinski definition) is 1. The van der Waals surface area contributed by atoms with E-state index in [2.05, 4.69) is 12.2 Å². The Balaban J connectivity index is 2.40. The molecule has 0 unspecified atom stereocenters. The zero-order valence-electron chi connectivity index (χ0n) is 13.0. The van der Waals surface area contributed by atoms with Gasteiger partial charge in [-0.2, -0.15) is 0 Å². The molecule has 1 aliphatic heterocycles. The zero-order valence-corrected chi connectivity index (χ0v) is 13.0. The number of piperidine rings is 1. The van der Waals surface area contributed by atoms with E-state index in [0.29, 0.717) is 19.6 Å². The van der Waals surface area contributed by atoms with Crippen LogP contribution in [0.15, 0.2) is 0 Å². The molecule has 2 amide bonds. The molecule has 1 saturated heterocycles. The van der Waals surface area contributed by atoms with Crippen LogP contribution in [0, 0.1) is 0 Å². The second-order valence-electron chi connectivity index (χ2n) is 5.50. The lowest BCUT2D eigenvalue weighted by Crippen LogP contribution is -2.46. The lowest BCUT2D eigenvalue weighted by Gasteiger charge is -2.29. The quantitative estimate of drug-likeness (QED) is 0.729. The van der Waals surface area contributed by atoms with Crippen LogP contribution in [0.1, 0.15) is 46.0 Å². The van der Waals surface area contributed by atoms with Gasteiger partial charge in [0.25, 0.3) is 0 Å². The fraction of sp³-hybridized carbons (Fsp3) is 0.867. The molecule has 0 atom stereocenters. The second kappa shape index (κ2) is 9.75. The Morgan fingerprint density at radius 2 is 1.75 bits per heavy atom. The van der Waals surface area contributed by atoms with Gasteiger partial charge in [0.1, 0.15) is 0 Å². The van der Waals surface area contributed by atoms with E-state index in [4.69, 9.17) is 0 Å².